The fourth-order valence-corrected chi connectivity index (χ4v) is 4.22. The second-order valence-corrected chi connectivity index (χ2v) is 14.9. The molecule has 0 aromatic rings. The number of hydrogen-bond donors (Lipinski definition) is 0. The van der Waals surface area contributed by atoms with Crippen LogP contribution in [0, 0.1) is 23.7 Å². The monoisotopic (exact) mass is 432 g/mol. The van der Waals surface area contributed by atoms with Gasteiger partial charge in [-0.3, -0.25) is 0 Å². The first-order valence-electron chi connectivity index (χ1n) is 11.6. The predicted octanol–water partition coefficient (Wildman–Crippen LogP) is 6.84. The number of hydrogen-bond acceptors (Lipinski definition) is 3. The van der Waals surface area contributed by atoms with Gasteiger partial charge in [-0.05, 0) is 63.1 Å². The summed E-state index contributed by atoms with van der Waals surface area (Å²) in [4.78, 5) is 0. The quantitative estimate of drug-likeness (QED) is 0.173. The Labute approximate surface area is 187 Å². The number of allylic oxidation sites excluding steroid dienone is 1. The molecule has 0 bridgehead atoms. The normalized spacial score (nSPS) is 22.3. The molecule has 170 valence electrons. The van der Waals surface area contributed by atoms with Crippen molar-refractivity contribution < 1.29 is 13.9 Å². The third-order valence-corrected chi connectivity index (χ3v) is 10.3. The zero-order chi connectivity index (χ0) is 22.8. The van der Waals surface area contributed by atoms with E-state index in [0.717, 1.165) is 12.8 Å². The van der Waals surface area contributed by atoms with E-state index in [0.29, 0.717) is 0 Å². The highest BCUT2D eigenvalue weighted by molar-refractivity contribution is 6.74. The topological polar surface area (TPSA) is 27.7 Å². The molecule has 0 unspecified atom stereocenters. The second kappa shape index (κ2) is 12.1. The summed E-state index contributed by atoms with van der Waals surface area (Å²) in [6, 6.07) is 0. The summed E-state index contributed by atoms with van der Waals surface area (Å²) in [6.07, 6.45) is 10.8. The van der Waals surface area contributed by atoms with E-state index < -0.39 is 14.1 Å². The maximum absolute atomic E-state index is 6.40. The molecule has 0 aromatic carbocycles. The van der Waals surface area contributed by atoms with Crippen LogP contribution in [0.25, 0.3) is 0 Å². The van der Waals surface area contributed by atoms with Crippen LogP contribution in [-0.2, 0) is 13.9 Å². The molecular formula is C26H44O3Si. The SMILES string of the molecule is CCCCCC/C=C/[C@@H]1OC(C)(C)O[C@H]1C#CC#C[C@H](CC)O[Si](C)(C)C(C)(C)C. The van der Waals surface area contributed by atoms with Gasteiger partial charge in [-0.1, -0.05) is 77.9 Å². The third kappa shape index (κ3) is 9.40. The van der Waals surface area contributed by atoms with E-state index in [4.69, 9.17) is 13.9 Å². The summed E-state index contributed by atoms with van der Waals surface area (Å²) in [7, 11) is -1.84. The Morgan fingerprint density at radius 1 is 1.07 bits per heavy atom. The Balaban J connectivity index is 2.73. The van der Waals surface area contributed by atoms with Crippen molar-refractivity contribution in [2.75, 3.05) is 0 Å². The van der Waals surface area contributed by atoms with Crippen molar-refractivity contribution in [2.24, 2.45) is 0 Å². The van der Waals surface area contributed by atoms with Gasteiger partial charge < -0.3 is 13.9 Å². The molecule has 3 atom stereocenters. The van der Waals surface area contributed by atoms with E-state index in [2.05, 4.69) is 83.5 Å². The van der Waals surface area contributed by atoms with Gasteiger partial charge in [-0.15, -0.1) is 0 Å². The Morgan fingerprint density at radius 2 is 1.77 bits per heavy atom. The Kier molecular flexibility index (Phi) is 10.9. The highest BCUT2D eigenvalue weighted by atomic mass is 28.4. The summed E-state index contributed by atoms with van der Waals surface area (Å²) in [5.74, 6) is 11.7. The molecule has 0 aromatic heterocycles. The van der Waals surface area contributed by atoms with Crippen molar-refractivity contribution in [1.82, 2.24) is 0 Å². The smallest absolute Gasteiger partial charge is 0.193 e. The molecule has 0 spiro atoms. The standard InChI is InChI=1S/C26H44O3Si/c1-10-12-13-14-15-16-20-23-24(28-26(6,7)27-23)21-18-17-19-22(11-2)29-30(8,9)25(3,4)5/h16,20,22-24H,10-15H2,1-9H3/b20-16+/t22-,23-,24-/m0/s1. The largest absolute Gasteiger partial charge is 0.403 e. The van der Waals surface area contributed by atoms with Gasteiger partial charge in [0.1, 0.15) is 12.2 Å². The summed E-state index contributed by atoms with van der Waals surface area (Å²) in [5.41, 5.74) is 0. The summed E-state index contributed by atoms with van der Waals surface area (Å²) < 4.78 is 18.4. The maximum Gasteiger partial charge on any atom is 0.193 e. The van der Waals surface area contributed by atoms with E-state index in [9.17, 15) is 0 Å². The summed E-state index contributed by atoms with van der Waals surface area (Å²) in [5, 5.41) is 0.171. The Morgan fingerprint density at radius 3 is 2.37 bits per heavy atom. The molecule has 0 radical (unpaired) electrons. The van der Waals surface area contributed by atoms with Crippen molar-refractivity contribution in [3.63, 3.8) is 0 Å². The van der Waals surface area contributed by atoms with Crippen molar-refractivity contribution in [2.45, 2.75) is 129 Å². The van der Waals surface area contributed by atoms with E-state index in [1.165, 1.54) is 25.7 Å². The molecular weight excluding hydrogens is 388 g/mol. The number of unbranched alkanes of at least 4 members (excludes halogenated alkanes) is 4. The average molecular weight is 433 g/mol. The summed E-state index contributed by atoms with van der Waals surface area (Å²) >= 11 is 0. The van der Waals surface area contributed by atoms with Crippen LogP contribution in [0.3, 0.4) is 0 Å². The van der Waals surface area contributed by atoms with Gasteiger partial charge >= 0.3 is 0 Å². The van der Waals surface area contributed by atoms with Crippen LogP contribution in [0.1, 0.15) is 87.0 Å². The average Bonchev–Trinajstić information content (AvgIpc) is 2.93. The molecule has 1 fully saturated rings. The predicted molar refractivity (Wildman–Crippen MR) is 130 cm³/mol. The lowest BCUT2D eigenvalue weighted by Crippen LogP contribution is -2.43. The molecule has 1 heterocycles. The molecule has 30 heavy (non-hydrogen) atoms. The first-order valence-corrected chi connectivity index (χ1v) is 14.5. The van der Waals surface area contributed by atoms with Gasteiger partial charge in [-0.2, -0.15) is 0 Å². The number of ether oxygens (including phenoxy) is 2. The molecule has 4 heteroatoms. The zero-order valence-corrected chi connectivity index (χ0v) is 21.9. The molecule has 1 aliphatic heterocycles. The number of rotatable bonds is 9. The lowest BCUT2D eigenvalue weighted by molar-refractivity contribution is -0.138. The van der Waals surface area contributed by atoms with E-state index in [1.807, 2.05) is 13.8 Å². The van der Waals surface area contributed by atoms with Crippen LogP contribution >= 0.6 is 0 Å². The lowest BCUT2D eigenvalue weighted by atomic mass is 10.1. The fourth-order valence-electron chi connectivity index (χ4n) is 2.93. The van der Waals surface area contributed by atoms with Gasteiger partial charge in [0.05, 0.1) is 0 Å². The van der Waals surface area contributed by atoms with Crippen LogP contribution in [0.5, 0.6) is 0 Å². The van der Waals surface area contributed by atoms with Crippen LogP contribution in [0.4, 0.5) is 0 Å². The zero-order valence-electron chi connectivity index (χ0n) is 20.9. The van der Waals surface area contributed by atoms with Gasteiger partial charge in [0, 0.05) is 0 Å². The highest BCUT2D eigenvalue weighted by Crippen LogP contribution is 2.37. The van der Waals surface area contributed by atoms with Gasteiger partial charge in [0.15, 0.2) is 20.2 Å². The molecule has 3 nitrogen and oxygen atoms in total. The molecule has 0 N–H and O–H groups in total. The molecule has 1 rings (SSSR count). The second-order valence-electron chi connectivity index (χ2n) is 10.1. The molecule has 0 amide bonds. The van der Waals surface area contributed by atoms with Gasteiger partial charge in [-0.25, -0.2) is 0 Å². The van der Waals surface area contributed by atoms with Crippen LogP contribution in [0.15, 0.2) is 12.2 Å². The van der Waals surface area contributed by atoms with E-state index in [1.54, 1.807) is 0 Å². The van der Waals surface area contributed by atoms with Crippen molar-refractivity contribution in [3.8, 4) is 23.7 Å². The van der Waals surface area contributed by atoms with Crippen LogP contribution in [0.2, 0.25) is 18.1 Å². The molecule has 1 saturated heterocycles. The van der Waals surface area contributed by atoms with Gasteiger partial charge in [0.2, 0.25) is 0 Å². The molecule has 0 saturated carbocycles. The van der Waals surface area contributed by atoms with Crippen LogP contribution < -0.4 is 0 Å². The van der Waals surface area contributed by atoms with Gasteiger partial charge in [0.25, 0.3) is 0 Å². The highest BCUT2D eigenvalue weighted by Gasteiger charge is 2.39. The van der Waals surface area contributed by atoms with E-state index >= 15 is 0 Å². The third-order valence-electron chi connectivity index (χ3n) is 5.80. The lowest BCUT2D eigenvalue weighted by Gasteiger charge is -2.37. The van der Waals surface area contributed by atoms with Crippen LogP contribution in [-0.4, -0.2) is 32.4 Å². The summed E-state index contributed by atoms with van der Waals surface area (Å²) in [6.45, 7) is 19.5. The Bertz CT molecular complexity index is 664. The fraction of sp³-hybridized carbons (Fsp3) is 0.769. The first-order chi connectivity index (χ1) is 13.9. The van der Waals surface area contributed by atoms with Crippen molar-refractivity contribution >= 4 is 8.32 Å². The minimum absolute atomic E-state index is 0.0730. The molecule has 1 aliphatic rings. The maximum atomic E-state index is 6.40. The van der Waals surface area contributed by atoms with E-state index in [-0.39, 0.29) is 23.4 Å². The minimum Gasteiger partial charge on any atom is -0.403 e. The van der Waals surface area contributed by atoms with Crippen molar-refractivity contribution in [3.05, 3.63) is 12.2 Å². The Hall–Kier alpha value is -1.04. The first kappa shape index (κ1) is 27.0. The molecule has 0 aliphatic carbocycles. The van der Waals surface area contributed by atoms with Crippen molar-refractivity contribution in [1.29, 1.82) is 0 Å². The minimum atomic E-state index is -1.84.